The van der Waals surface area contributed by atoms with Crippen molar-refractivity contribution in [3.63, 3.8) is 0 Å². The SMILES string of the molecule is CCCCNC(=O)C1CCCN(c2ccc(Sc3cccc(OC)c3)nn2)C1. The average Bonchev–Trinajstić information content (AvgIpc) is 2.74. The average molecular weight is 401 g/mol. The summed E-state index contributed by atoms with van der Waals surface area (Å²) in [6.45, 7) is 4.51. The van der Waals surface area contributed by atoms with Gasteiger partial charge in [-0.25, -0.2) is 0 Å². The summed E-state index contributed by atoms with van der Waals surface area (Å²) in [5.74, 6) is 1.85. The molecular formula is C21H28N4O2S. The number of hydrogen-bond donors (Lipinski definition) is 1. The Balaban J connectivity index is 1.58. The van der Waals surface area contributed by atoms with E-state index in [4.69, 9.17) is 4.74 Å². The van der Waals surface area contributed by atoms with Crippen molar-refractivity contribution in [1.82, 2.24) is 15.5 Å². The second kappa shape index (κ2) is 10.3. The van der Waals surface area contributed by atoms with E-state index in [1.807, 2.05) is 36.4 Å². The molecule has 1 aliphatic heterocycles. The number of benzene rings is 1. The standard InChI is InChI=1S/C21H28N4O2S/c1-3-4-12-22-21(26)16-7-6-13-25(15-16)19-10-11-20(24-23-19)28-18-9-5-8-17(14-18)27-2/h5,8-11,14,16H,3-4,6-7,12-13,15H2,1-2H3,(H,22,26). The summed E-state index contributed by atoms with van der Waals surface area (Å²) in [6, 6.07) is 11.9. The van der Waals surface area contributed by atoms with Crippen LogP contribution in [-0.4, -0.2) is 42.8 Å². The van der Waals surface area contributed by atoms with Crippen molar-refractivity contribution in [2.45, 2.75) is 42.5 Å². The Morgan fingerprint density at radius 3 is 2.96 bits per heavy atom. The number of carbonyl (C=O) groups is 1. The number of anilines is 1. The summed E-state index contributed by atoms with van der Waals surface area (Å²) >= 11 is 1.55. The van der Waals surface area contributed by atoms with Crippen molar-refractivity contribution < 1.29 is 9.53 Å². The minimum absolute atomic E-state index is 0.0261. The van der Waals surface area contributed by atoms with E-state index in [0.717, 1.165) is 60.3 Å². The second-order valence-electron chi connectivity index (χ2n) is 6.94. The first-order valence-corrected chi connectivity index (χ1v) is 10.7. The second-order valence-corrected chi connectivity index (χ2v) is 8.03. The highest BCUT2D eigenvalue weighted by molar-refractivity contribution is 7.99. The van der Waals surface area contributed by atoms with Gasteiger partial charge in [-0.15, -0.1) is 10.2 Å². The lowest BCUT2D eigenvalue weighted by atomic mass is 9.97. The summed E-state index contributed by atoms with van der Waals surface area (Å²) in [6.07, 6.45) is 4.05. The molecule has 1 aliphatic rings. The van der Waals surface area contributed by atoms with E-state index in [-0.39, 0.29) is 11.8 Å². The van der Waals surface area contributed by atoms with Gasteiger partial charge >= 0.3 is 0 Å². The van der Waals surface area contributed by atoms with Crippen LogP contribution in [0.25, 0.3) is 0 Å². The molecule has 0 spiro atoms. The fourth-order valence-corrected chi connectivity index (χ4v) is 4.03. The molecular weight excluding hydrogens is 372 g/mol. The van der Waals surface area contributed by atoms with Crippen LogP contribution in [0.15, 0.2) is 46.3 Å². The predicted octanol–water partition coefficient (Wildman–Crippen LogP) is 3.77. The first kappa shape index (κ1) is 20.5. The summed E-state index contributed by atoms with van der Waals surface area (Å²) in [4.78, 5) is 15.6. The van der Waals surface area contributed by atoms with Gasteiger partial charge in [-0.2, -0.15) is 0 Å². The van der Waals surface area contributed by atoms with Gasteiger partial charge in [0.05, 0.1) is 13.0 Å². The number of unbranched alkanes of at least 4 members (excludes halogenated alkanes) is 1. The molecule has 3 rings (SSSR count). The van der Waals surface area contributed by atoms with E-state index >= 15 is 0 Å². The van der Waals surface area contributed by atoms with E-state index in [0.29, 0.717) is 6.54 Å². The first-order valence-electron chi connectivity index (χ1n) is 9.88. The van der Waals surface area contributed by atoms with Crippen molar-refractivity contribution in [3.05, 3.63) is 36.4 Å². The molecule has 1 N–H and O–H groups in total. The topological polar surface area (TPSA) is 67.4 Å². The molecule has 2 aromatic rings. The predicted molar refractivity (Wildman–Crippen MR) is 112 cm³/mol. The van der Waals surface area contributed by atoms with Crippen LogP contribution in [0.5, 0.6) is 5.75 Å². The van der Waals surface area contributed by atoms with Crippen molar-refractivity contribution in [1.29, 1.82) is 0 Å². The Labute approximate surface area is 171 Å². The summed E-state index contributed by atoms with van der Waals surface area (Å²) in [7, 11) is 1.66. The van der Waals surface area contributed by atoms with E-state index in [1.165, 1.54) is 0 Å². The molecule has 2 heterocycles. The van der Waals surface area contributed by atoms with Gasteiger partial charge in [-0.1, -0.05) is 31.2 Å². The third-order valence-corrected chi connectivity index (χ3v) is 5.75. The number of piperidine rings is 1. The highest BCUT2D eigenvalue weighted by atomic mass is 32.2. The number of aromatic nitrogens is 2. The van der Waals surface area contributed by atoms with Gasteiger partial charge < -0.3 is 15.0 Å². The van der Waals surface area contributed by atoms with Crippen LogP contribution in [0, 0.1) is 5.92 Å². The zero-order chi connectivity index (χ0) is 19.8. The van der Waals surface area contributed by atoms with Gasteiger partial charge in [0.15, 0.2) is 5.82 Å². The van der Waals surface area contributed by atoms with Crippen LogP contribution in [0.3, 0.4) is 0 Å². The quantitative estimate of drug-likeness (QED) is 0.681. The molecule has 1 saturated heterocycles. The van der Waals surface area contributed by atoms with Crippen molar-refractivity contribution in [3.8, 4) is 5.75 Å². The van der Waals surface area contributed by atoms with Gasteiger partial charge in [-0.3, -0.25) is 4.79 Å². The smallest absolute Gasteiger partial charge is 0.224 e. The Morgan fingerprint density at radius 1 is 1.32 bits per heavy atom. The first-order chi connectivity index (χ1) is 13.7. The molecule has 1 amide bonds. The number of nitrogens with one attached hydrogen (secondary N) is 1. The van der Waals surface area contributed by atoms with Gasteiger partial charge in [0.25, 0.3) is 0 Å². The normalized spacial score (nSPS) is 16.6. The fourth-order valence-electron chi connectivity index (χ4n) is 3.25. The van der Waals surface area contributed by atoms with Crippen molar-refractivity contribution in [2.75, 3.05) is 31.6 Å². The van der Waals surface area contributed by atoms with E-state index in [1.54, 1.807) is 18.9 Å². The molecule has 1 fully saturated rings. The maximum Gasteiger partial charge on any atom is 0.224 e. The number of rotatable bonds is 8. The highest BCUT2D eigenvalue weighted by Gasteiger charge is 2.26. The van der Waals surface area contributed by atoms with Crippen molar-refractivity contribution in [2.24, 2.45) is 5.92 Å². The van der Waals surface area contributed by atoms with Gasteiger partial charge in [0, 0.05) is 24.5 Å². The maximum absolute atomic E-state index is 12.4. The van der Waals surface area contributed by atoms with Gasteiger partial charge in [0.2, 0.25) is 5.91 Å². The number of ether oxygens (including phenoxy) is 1. The largest absolute Gasteiger partial charge is 0.497 e. The summed E-state index contributed by atoms with van der Waals surface area (Å²) in [5, 5.41) is 12.7. The lowest BCUT2D eigenvalue weighted by molar-refractivity contribution is -0.125. The van der Waals surface area contributed by atoms with Gasteiger partial charge in [-0.05, 0) is 49.6 Å². The Bertz CT molecular complexity index is 769. The van der Waals surface area contributed by atoms with Crippen LogP contribution in [0.1, 0.15) is 32.6 Å². The third kappa shape index (κ3) is 5.61. The fraction of sp³-hybridized carbons (Fsp3) is 0.476. The Hall–Kier alpha value is -2.28. The molecule has 0 saturated carbocycles. The lowest BCUT2D eigenvalue weighted by Gasteiger charge is -2.32. The summed E-state index contributed by atoms with van der Waals surface area (Å²) in [5.41, 5.74) is 0. The van der Waals surface area contributed by atoms with Crippen LogP contribution >= 0.6 is 11.8 Å². The van der Waals surface area contributed by atoms with Crippen LogP contribution in [-0.2, 0) is 4.79 Å². The molecule has 0 bridgehead atoms. The maximum atomic E-state index is 12.4. The number of amides is 1. The molecule has 1 aromatic heterocycles. The zero-order valence-corrected chi connectivity index (χ0v) is 17.4. The molecule has 0 radical (unpaired) electrons. The van der Waals surface area contributed by atoms with Crippen LogP contribution in [0.2, 0.25) is 0 Å². The minimum Gasteiger partial charge on any atom is -0.497 e. The molecule has 150 valence electrons. The summed E-state index contributed by atoms with van der Waals surface area (Å²) < 4.78 is 5.26. The van der Waals surface area contributed by atoms with Gasteiger partial charge in [0.1, 0.15) is 10.8 Å². The van der Waals surface area contributed by atoms with E-state index < -0.39 is 0 Å². The molecule has 1 unspecified atom stereocenters. The number of carbonyl (C=O) groups excluding carboxylic acids is 1. The number of hydrogen-bond acceptors (Lipinski definition) is 6. The van der Waals surface area contributed by atoms with Crippen LogP contribution in [0.4, 0.5) is 5.82 Å². The number of methoxy groups -OCH3 is 1. The van der Waals surface area contributed by atoms with Crippen molar-refractivity contribution >= 4 is 23.5 Å². The molecule has 28 heavy (non-hydrogen) atoms. The lowest BCUT2D eigenvalue weighted by Crippen LogP contribution is -2.43. The molecule has 0 aliphatic carbocycles. The third-order valence-electron chi connectivity index (χ3n) is 4.84. The Kier molecular flexibility index (Phi) is 7.54. The molecule has 1 atom stereocenters. The van der Waals surface area contributed by atoms with Crippen LogP contribution < -0.4 is 15.0 Å². The molecule has 7 heteroatoms. The number of nitrogens with zero attached hydrogens (tertiary/aromatic N) is 3. The minimum atomic E-state index is 0.0261. The highest BCUT2D eigenvalue weighted by Crippen LogP contribution is 2.29. The molecule has 1 aromatic carbocycles. The monoisotopic (exact) mass is 400 g/mol. The Morgan fingerprint density at radius 2 is 2.21 bits per heavy atom. The van der Waals surface area contributed by atoms with E-state index in [2.05, 4.69) is 27.3 Å². The molecule has 6 nitrogen and oxygen atoms in total. The van der Waals surface area contributed by atoms with E-state index in [9.17, 15) is 4.79 Å². The zero-order valence-electron chi connectivity index (χ0n) is 16.6.